The van der Waals surface area contributed by atoms with Crippen LogP contribution >= 0.6 is 11.6 Å². The molecule has 0 N–H and O–H groups in total. The molecule has 4 rings (SSSR count). The van der Waals surface area contributed by atoms with Crippen molar-refractivity contribution < 1.29 is 9.53 Å². The molecule has 0 fully saturated rings. The van der Waals surface area contributed by atoms with Gasteiger partial charge in [0.25, 0.3) is 5.56 Å². The van der Waals surface area contributed by atoms with Gasteiger partial charge in [0.1, 0.15) is 12.4 Å². The number of carbonyl (C=O) groups excluding carboxylic acids is 1. The van der Waals surface area contributed by atoms with Gasteiger partial charge in [-0.2, -0.15) is 0 Å². The van der Waals surface area contributed by atoms with E-state index >= 15 is 0 Å². The molecule has 3 heterocycles. The third-order valence-electron chi connectivity index (χ3n) is 5.19. The topological polar surface area (TPSA) is 64.4 Å². The number of pyridine rings is 2. The number of ketones is 1. The minimum Gasteiger partial charge on any atom is -0.487 e. The molecular weight excluding hydrogens is 402 g/mol. The van der Waals surface area contributed by atoms with Crippen LogP contribution in [0.1, 0.15) is 27.2 Å². The Morgan fingerprint density at radius 1 is 1.17 bits per heavy atom. The number of aromatic nitrogens is 2. The first-order chi connectivity index (χ1) is 14.5. The van der Waals surface area contributed by atoms with Crippen molar-refractivity contribution in [2.45, 2.75) is 26.1 Å². The first-order valence-corrected chi connectivity index (χ1v) is 10.1. The minimum absolute atomic E-state index is 0.00746. The second-order valence-corrected chi connectivity index (χ2v) is 7.92. The van der Waals surface area contributed by atoms with Crippen molar-refractivity contribution in [3.05, 3.63) is 92.6 Å². The minimum atomic E-state index is -0.289. The summed E-state index contributed by atoms with van der Waals surface area (Å²) in [5.41, 5.74) is 3.52. The zero-order chi connectivity index (χ0) is 21.1. The number of benzene rings is 1. The summed E-state index contributed by atoms with van der Waals surface area (Å²) in [4.78, 5) is 31.6. The zero-order valence-corrected chi connectivity index (χ0v) is 17.4. The molecule has 0 aliphatic carbocycles. The highest BCUT2D eigenvalue weighted by molar-refractivity contribution is 6.30. The maximum atomic E-state index is 12.7. The molecule has 0 radical (unpaired) electrons. The van der Waals surface area contributed by atoms with Gasteiger partial charge in [-0.05, 0) is 48.9 Å². The molecule has 7 heteroatoms. The van der Waals surface area contributed by atoms with Crippen LogP contribution in [0, 0.1) is 0 Å². The molecule has 0 bridgehead atoms. The molecule has 154 valence electrons. The van der Waals surface area contributed by atoms with E-state index in [4.69, 9.17) is 16.3 Å². The van der Waals surface area contributed by atoms with Crippen LogP contribution < -0.4 is 10.3 Å². The van der Waals surface area contributed by atoms with Crippen LogP contribution in [0.5, 0.6) is 5.75 Å². The number of halogens is 1. The molecule has 0 spiro atoms. The molecular formula is C23H22ClN3O3. The Labute approximate surface area is 179 Å². The number of rotatable bonds is 6. The Bertz CT molecular complexity index is 1130. The molecule has 1 aromatic carbocycles. The first-order valence-electron chi connectivity index (χ1n) is 9.75. The highest BCUT2D eigenvalue weighted by Crippen LogP contribution is 2.20. The van der Waals surface area contributed by atoms with Crippen molar-refractivity contribution in [1.29, 1.82) is 0 Å². The largest absolute Gasteiger partial charge is 0.487 e. The fourth-order valence-electron chi connectivity index (χ4n) is 3.48. The highest BCUT2D eigenvalue weighted by atomic mass is 35.5. The summed E-state index contributed by atoms with van der Waals surface area (Å²) in [6.45, 7) is 2.08. The molecule has 0 saturated heterocycles. The maximum Gasteiger partial charge on any atom is 0.254 e. The fourth-order valence-corrected chi connectivity index (χ4v) is 3.59. The van der Waals surface area contributed by atoms with Gasteiger partial charge in [-0.3, -0.25) is 14.6 Å². The second kappa shape index (κ2) is 8.81. The van der Waals surface area contributed by atoms with Crippen LogP contribution in [-0.2, 0) is 26.1 Å². The molecule has 1 aliphatic heterocycles. The van der Waals surface area contributed by atoms with Crippen molar-refractivity contribution in [2.75, 3.05) is 13.6 Å². The summed E-state index contributed by atoms with van der Waals surface area (Å²) < 4.78 is 7.01. The molecule has 0 atom stereocenters. The maximum absolute atomic E-state index is 12.7. The van der Waals surface area contributed by atoms with Crippen molar-refractivity contribution >= 4 is 17.4 Å². The average molecular weight is 424 g/mol. The summed E-state index contributed by atoms with van der Waals surface area (Å²) >= 11 is 5.82. The first kappa shape index (κ1) is 20.3. The molecule has 0 saturated carbocycles. The SMILES string of the molecule is CN1CCc2ccc(C(=O)Cn3ccc(OCc4ccc(Cl)cn4)cc3=O)cc2C1. The Hall–Kier alpha value is -2.96. The highest BCUT2D eigenvalue weighted by Gasteiger charge is 2.16. The summed E-state index contributed by atoms with van der Waals surface area (Å²) in [7, 11) is 2.07. The van der Waals surface area contributed by atoms with Crippen molar-refractivity contribution in [3.63, 3.8) is 0 Å². The number of fused-ring (bicyclic) bond motifs is 1. The van der Waals surface area contributed by atoms with Gasteiger partial charge >= 0.3 is 0 Å². The van der Waals surface area contributed by atoms with Crippen LogP contribution in [0.15, 0.2) is 59.7 Å². The van der Waals surface area contributed by atoms with Gasteiger partial charge in [0, 0.05) is 37.1 Å². The third-order valence-corrected chi connectivity index (χ3v) is 5.41. The summed E-state index contributed by atoms with van der Waals surface area (Å²) in [5.74, 6) is 0.337. The van der Waals surface area contributed by atoms with Crippen LogP contribution in [0.3, 0.4) is 0 Å². The van der Waals surface area contributed by atoms with E-state index in [1.54, 1.807) is 30.6 Å². The standard InChI is InChI=1S/C23H22ClN3O3/c1-26-8-6-16-2-3-17(10-18(16)13-26)22(28)14-27-9-7-21(11-23(27)29)30-15-20-5-4-19(24)12-25-20/h2-5,7,9-12H,6,8,13-15H2,1H3. The van der Waals surface area contributed by atoms with Crippen LogP contribution in [0.4, 0.5) is 0 Å². The van der Waals surface area contributed by atoms with E-state index in [1.165, 1.54) is 21.8 Å². The zero-order valence-electron chi connectivity index (χ0n) is 16.7. The lowest BCUT2D eigenvalue weighted by Gasteiger charge is -2.25. The van der Waals surface area contributed by atoms with Gasteiger partial charge in [0.2, 0.25) is 0 Å². The number of hydrogen-bond acceptors (Lipinski definition) is 5. The van der Waals surface area contributed by atoms with E-state index < -0.39 is 0 Å². The third kappa shape index (κ3) is 4.78. The normalized spacial score (nSPS) is 13.7. The predicted molar refractivity (Wildman–Crippen MR) is 115 cm³/mol. The molecule has 0 amide bonds. The van der Waals surface area contributed by atoms with E-state index in [1.807, 2.05) is 18.2 Å². The van der Waals surface area contributed by atoms with Crippen LogP contribution in [0.25, 0.3) is 0 Å². The van der Waals surface area contributed by atoms with E-state index in [0.29, 0.717) is 22.0 Å². The number of nitrogens with zero attached hydrogens (tertiary/aromatic N) is 3. The van der Waals surface area contributed by atoms with Crippen LogP contribution in [0.2, 0.25) is 5.02 Å². The van der Waals surface area contributed by atoms with Gasteiger partial charge in [0.05, 0.1) is 17.3 Å². The number of likely N-dealkylation sites (N-methyl/N-ethyl adjacent to an activating group) is 1. The van der Waals surface area contributed by atoms with Gasteiger partial charge in [-0.25, -0.2) is 0 Å². The molecule has 2 aromatic heterocycles. The smallest absolute Gasteiger partial charge is 0.254 e. The summed E-state index contributed by atoms with van der Waals surface area (Å²) in [5, 5.41) is 0.553. The monoisotopic (exact) mass is 423 g/mol. The molecule has 30 heavy (non-hydrogen) atoms. The Kier molecular flexibility index (Phi) is 5.97. The summed E-state index contributed by atoms with van der Waals surface area (Å²) in [6, 6.07) is 12.4. The van der Waals surface area contributed by atoms with Gasteiger partial charge in [-0.1, -0.05) is 23.7 Å². The average Bonchev–Trinajstić information content (AvgIpc) is 2.74. The van der Waals surface area contributed by atoms with E-state index in [0.717, 1.165) is 19.5 Å². The predicted octanol–water partition coefficient (Wildman–Crippen LogP) is 3.35. The Morgan fingerprint density at radius 2 is 2.03 bits per heavy atom. The number of ether oxygens (including phenoxy) is 1. The number of carbonyl (C=O) groups is 1. The van der Waals surface area contributed by atoms with E-state index in [9.17, 15) is 9.59 Å². The van der Waals surface area contributed by atoms with Crippen LogP contribution in [-0.4, -0.2) is 33.8 Å². The van der Waals surface area contributed by atoms with Gasteiger partial charge < -0.3 is 14.2 Å². The van der Waals surface area contributed by atoms with Crippen molar-refractivity contribution in [1.82, 2.24) is 14.5 Å². The summed E-state index contributed by atoms with van der Waals surface area (Å²) in [6.07, 6.45) is 4.12. The molecule has 6 nitrogen and oxygen atoms in total. The Balaban J connectivity index is 1.42. The molecule has 3 aromatic rings. The Morgan fingerprint density at radius 3 is 2.80 bits per heavy atom. The van der Waals surface area contributed by atoms with Crippen molar-refractivity contribution in [2.24, 2.45) is 0 Å². The van der Waals surface area contributed by atoms with Crippen molar-refractivity contribution in [3.8, 4) is 5.75 Å². The number of hydrogen-bond donors (Lipinski definition) is 0. The molecule has 0 unspecified atom stereocenters. The van der Waals surface area contributed by atoms with Gasteiger partial charge in [-0.15, -0.1) is 0 Å². The lowest BCUT2D eigenvalue weighted by Crippen LogP contribution is -2.27. The number of Topliss-reactive ketones (excluding diaryl/α,β-unsaturated/α-hetero) is 1. The fraction of sp³-hybridized carbons (Fsp3) is 0.261. The van der Waals surface area contributed by atoms with E-state index in [-0.39, 0.29) is 24.5 Å². The second-order valence-electron chi connectivity index (χ2n) is 7.48. The lowest BCUT2D eigenvalue weighted by molar-refractivity contribution is 0.0970. The van der Waals surface area contributed by atoms with E-state index in [2.05, 4.69) is 16.9 Å². The lowest BCUT2D eigenvalue weighted by atomic mass is 9.96. The van der Waals surface area contributed by atoms with Gasteiger partial charge in [0.15, 0.2) is 5.78 Å². The molecule has 1 aliphatic rings. The quantitative estimate of drug-likeness (QED) is 0.569.